The summed E-state index contributed by atoms with van der Waals surface area (Å²) in [7, 11) is 4.64. The van der Waals surface area contributed by atoms with Crippen molar-refractivity contribution in [1.29, 1.82) is 0 Å². The zero-order valence-electron chi connectivity index (χ0n) is 16.9. The lowest BCUT2D eigenvalue weighted by atomic mass is 9.80. The Hall–Kier alpha value is -2.12. The van der Waals surface area contributed by atoms with Crippen LogP contribution < -0.4 is 16.2 Å². The molecule has 27 heavy (non-hydrogen) atoms. The molecule has 0 radical (unpaired) electrons. The number of aldehydes is 1. The van der Waals surface area contributed by atoms with Gasteiger partial charge in [-0.1, -0.05) is 38.2 Å². The molecule has 0 aliphatic heterocycles. The van der Waals surface area contributed by atoms with Gasteiger partial charge in [0.05, 0.1) is 0 Å². The fourth-order valence-electron chi connectivity index (χ4n) is 3.31. The predicted molar refractivity (Wildman–Crippen MR) is 108 cm³/mol. The van der Waals surface area contributed by atoms with Crippen molar-refractivity contribution in [2.75, 3.05) is 27.8 Å². The van der Waals surface area contributed by atoms with Crippen molar-refractivity contribution in [2.45, 2.75) is 44.1 Å². The van der Waals surface area contributed by atoms with Gasteiger partial charge in [0.1, 0.15) is 18.0 Å². The van der Waals surface area contributed by atoms with Crippen molar-refractivity contribution >= 4 is 17.9 Å². The van der Waals surface area contributed by atoms with Crippen molar-refractivity contribution < 1.29 is 20.4 Å². The molecule has 1 atom stereocenters. The monoisotopic (exact) mass is 379 g/mol. The molecule has 6 N–H and O–H groups in total. The standard InChI is InChI=1S/C19H30N4O2.CH4O/c1-23(2)18(21)22-19(13-24,12-15-7-4-3-5-8-15)14-25-17-10-6-9-16(20)11-17;1-2/h6,9-11,13,15H,3-5,7-8,12,14,20H2,1-2H3,(H2,21,22);2H,1H3/p+1. The highest BCUT2D eigenvalue weighted by Gasteiger charge is 2.35. The first-order valence-corrected chi connectivity index (χ1v) is 9.43. The van der Waals surface area contributed by atoms with Crippen LogP contribution in [0.1, 0.15) is 38.5 Å². The molecule has 1 aromatic rings. The van der Waals surface area contributed by atoms with E-state index >= 15 is 0 Å². The first-order valence-electron chi connectivity index (χ1n) is 9.43. The number of benzene rings is 1. The van der Waals surface area contributed by atoms with E-state index in [0.29, 0.717) is 24.0 Å². The lowest BCUT2D eigenvalue weighted by Crippen LogP contribution is -2.43. The van der Waals surface area contributed by atoms with Gasteiger partial charge in [-0.2, -0.15) is 0 Å². The highest BCUT2D eigenvalue weighted by molar-refractivity contribution is 5.81. The minimum atomic E-state index is -0.951. The Labute approximate surface area is 162 Å². The van der Waals surface area contributed by atoms with Crippen LogP contribution in [0.2, 0.25) is 0 Å². The first kappa shape index (κ1) is 22.9. The Morgan fingerprint density at radius 2 is 2.04 bits per heavy atom. The highest BCUT2D eigenvalue weighted by Crippen LogP contribution is 2.32. The van der Waals surface area contributed by atoms with Crippen LogP contribution in [0.15, 0.2) is 29.3 Å². The molecule has 0 aromatic heterocycles. The van der Waals surface area contributed by atoms with E-state index in [1.165, 1.54) is 19.3 Å². The average molecular weight is 380 g/mol. The number of nitrogens with two attached hydrogens (primary N) is 1. The summed E-state index contributed by atoms with van der Waals surface area (Å²) in [5.74, 6) is 1.53. The molecule has 1 unspecified atom stereocenters. The van der Waals surface area contributed by atoms with E-state index in [0.717, 1.165) is 31.9 Å². The molecule has 7 nitrogen and oxygen atoms in total. The lowest BCUT2D eigenvalue weighted by molar-refractivity contribution is -0.254. The van der Waals surface area contributed by atoms with Crippen LogP contribution in [0.3, 0.4) is 0 Å². The third kappa shape index (κ3) is 7.56. The van der Waals surface area contributed by atoms with E-state index in [1.807, 2.05) is 38.4 Å². The molecule has 0 bridgehead atoms. The summed E-state index contributed by atoms with van der Waals surface area (Å²) < 4.78 is 5.91. The van der Waals surface area contributed by atoms with E-state index in [2.05, 4.69) is 10.7 Å². The van der Waals surface area contributed by atoms with E-state index in [4.69, 9.17) is 15.6 Å². The number of hydrogen-bond donors (Lipinski definition) is 3. The number of aliphatic imine (C=N–C) groups is 1. The molecule has 2 rings (SSSR count). The molecule has 152 valence electrons. The second-order valence-corrected chi connectivity index (χ2v) is 7.23. The number of hydrogen-bond acceptors (Lipinski definition) is 4. The van der Waals surface area contributed by atoms with Gasteiger partial charge in [0, 0.05) is 27.3 Å². The summed E-state index contributed by atoms with van der Waals surface area (Å²) in [5.41, 5.74) is 9.86. The first-order chi connectivity index (χ1) is 12.9. The Balaban J connectivity index is 0.00000176. The molecule has 0 saturated heterocycles. The Morgan fingerprint density at radius 1 is 1.37 bits per heavy atom. The molecule has 0 amide bonds. The average Bonchev–Trinajstić information content (AvgIpc) is 2.68. The summed E-state index contributed by atoms with van der Waals surface area (Å²) in [5, 5.41) is 7.00. The zero-order valence-corrected chi connectivity index (χ0v) is 16.9. The van der Waals surface area contributed by atoms with Crippen molar-refractivity contribution in [3.05, 3.63) is 24.3 Å². The quantitative estimate of drug-likeness (QED) is 0.375. The van der Waals surface area contributed by atoms with Gasteiger partial charge < -0.3 is 31.0 Å². The van der Waals surface area contributed by atoms with Gasteiger partial charge in [-0.15, -0.1) is 0 Å². The van der Waals surface area contributed by atoms with Crippen molar-refractivity contribution in [1.82, 2.24) is 4.90 Å². The fraction of sp³-hybridized carbons (Fsp3) is 0.600. The summed E-state index contributed by atoms with van der Waals surface area (Å²) in [6.45, 7) is 0.186. The van der Waals surface area contributed by atoms with Crippen molar-refractivity contribution in [2.24, 2.45) is 16.6 Å². The van der Waals surface area contributed by atoms with Gasteiger partial charge in [0.2, 0.25) is 0 Å². The van der Waals surface area contributed by atoms with Crippen LogP contribution in [0.5, 0.6) is 5.75 Å². The molecule has 7 heteroatoms. The van der Waals surface area contributed by atoms with Gasteiger partial charge in [-0.05, 0) is 24.5 Å². The smallest absolute Gasteiger partial charge is 0.191 e. The summed E-state index contributed by atoms with van der Waals surface area (Å²) in [4.78, 5) is 18.4. The number of guanidine groups is 1. The van der Waals surface area contributed by atoms with Crippen LogP contribution in [0.25, 0.3) is 0 Å². The Kier molecular flexibility index (Phi) is 9.82. The van der Waals surface area contributed by atoms with Gasteiger partial charge in [-0.25, -0.2) is 4.99 Å². The summed E-state index contributed by atoms with van der Waals surface area (Å²) in [6, 6.07) is 7.52. The number of quaternary nitrogens is 1. The van der Waals surface area contributed by atoms with Gasteiger partial charge in [0.25, 0.3) is 0 Å². The van der Waals surface area contributed by atoms with E-state index in [-0.39, 0.29) is 6.61 Å². The highest BCUT2D eigenvalue weighted by atomic mass is 16.5. The Bertz CT molecular complexity index is 601. The van der Waals surface area contributed by atoms with Crippen molar-refractivity contribution in [3.63, 3.8) is 0 Å². The molecule has 1 saturated carbocycles. The maximum absolute atomic E-state index is 12.1. The van der Waals surface area contributed by atoms with E-state index in [9.17, 15) is 4.79 Å². The lowest BCUT2D eigenvalue weighted by Gasteiger charge is -2.31. The maximum atomic E-state index is 12.1. The number of nitrogens with zero attached hydrogens (tertiary/aromatic N) is 2. The molecular weight excluding hydrogens is 344 g/mol. The minimum absolute atomic E-state index is 0.186. The topological polar surface area (TPSA) is 116 Å². The van der Waals surface area contributed by atoms with Crippen molar-refractivity contribution in [3.8, 4) is 5.75 Å². The number of carbonyl (C=O) groups excluding carboxylic acids is 1. The third-order valence-electron chi connectivity index (χ3n) is 4.77. The molecule has 0 heterocycles. The number of carbonyl (C=O) groups is 1. The normalized spacial score (nSPS) is 17.3. The number of ether oxygens (including phenoxy) is 1. The number of rotatable bonds is 7. The SMILES string of the molecule is CN(C)C(N)=NC(C=O)(COc1cccc([NH3+])c1)CC1CCCCC1.CO. The summed E-state index contributed by atoms with van der Waals surface area (Å²) in [6.07, 6.45) is 7.58. The van der Waals surface area contributed by atoms with Crippen LogP contribution >= 0.6 is 0 Å². The Morgan fingerprint density at radius 3 is 2.59 bits per heavy atom. The zero-order chi connectivity index (χ0) is 20.3. The van der Waals surface area contributed by atoms with Gasteiger partial charge in [-0.3, -0.25) is 0 Å². The number of aliphatic hydroxyl groups is 1. The van der Waals surface area contributed by atoms with Gasteiger partial charge in [0.15, 0.2) is 17.8 Å². The molecular formula is C20H35N4O3+. The molecule has 1 aromatic carbocycles. The predicted octanol–water partition coefficient (Wildman–Crippen LogP) is 1.33. The number of aliphatic hydroxyl groups excluding tert-OH is 1. The molecule has 1 aliphatic rings. The minimum Gasteiger partial charge on any atom is -0.490 e. The van der Waals surface area contributed by atoms with Gasteiger partial charge >= 0.3 is 0 Å². The second-order valence-electron chi connectivity index (χ2n) is 7.23. The van der Waals surface area contributed by atoms with Crippen LogP contribution in [-0.2, 0) is 4.79 Å². The maximum Gasteiger partial charge on any atom is 0.191 e. The van der Waals surface area contributed by atoms with Crippen LogP contribution in [0.4, 0.5) is 5.69 Å². The van der Waals surface area contributed by atoms with Crippen LogP contribution in [0, 0.1) is 5.92 Å². The summed E-state index contributed by atoms with van der Waals surface area (Å²) >= 11 is 0. The molecule has 1 fully saturated rings. The second kappa shape index (κ2) is 11.6. The molecule has 0 spiro atoms. The van der Waals surface area contributed by atoms with E-state index in [1.54, 1.807) is 4.90 Å². The van der Waals surface area contributed by atoms with Crippen LogP contribution in [-0.4, -0.2) is 55.6 Å². The fourth-order valence-corrected chi connectivity index (χ4v) is 3.31. The molecule has 1 aliphatic carbocycles. The third-order valence-corrected chi connectivity index (χ3v) is 4.77. The largest absolute Gasteiger partial charge is 0.490 e. The van der Waals surface area contributed by atoms with E-state index < -0.39 is 5.54 Å².